The minimum absolute atomic E-state index is 0.244. The first-order chi connectivity index (χ1) is 8.78. The van der Waals surface area contributed by atoms with Crippen molar-refractivity contribution in [3.63, 3.8) is 0 Å². The lowest BCUT2D eigenvalue weighted by molar-refractivity contribution is 0.603. The highest BCUT2D eigenvalue weighted by atomic mass is 32.1. The van der Waals surface area contributed by atoms with Gasteiger partial charge in [0, 0.05) is 22.0 Å². The van der Waals surface area contributed by atoms with Gasteiger partial charge in [0.1, 0.15) is 5.01 Å². The van der Waals surface area contributed by atoms with Crippen LogP contribution in [0.1, 0.15) is 46.3 Å². The topological polar surface area (TPSA) is 37.8 Å². The molecule has 1 atom stereocenters. The van der Waals surface area contributed by atoms with Crippen molar-refractivity contribution in [2.75, 3.05) is 0 Å². The maximum absolute atomic E-state index is 4.80. The summed E-state index contributed by atoms with van der Waals surface area (Å²) in [5.74, 6) is 0. The predicted octanol–water partition coefficient (Wildman–Crippen LogP) is 3.31. The van der Waals surface area contributed by atoms with Gasteiger partial charge in [0.05, 0.1) is 17.2 Å². The summed E-state index contributed by atoms with van der Waals surface area (Å²) in [5, 5.41) is 4.89. The van der Waals surface area contributed by atoms with Gasteiger partial charge in [0.2, 0.25) is 0 Å². The monoisotopic (exact) mass is 279 g/mol. The number of nitrogens with zero attached hydrogens (tertiary/aromatic N) is 2. The quantitative estimate of drug-likeness (QED) is 0.912. The maximum Gasteiger partial charge on any atom is 0.116 e. The van der Waals surface area contributed by atoms with Crippen LogP contribution < -0.4 is 5.32 Å². The van der Waals surface area contributed by atoms with Gasteiger partial charge in [-0.25, -0.2) is 4.98 Å². The average Bonchev–Trinajstić information content (AvgIpc) is 2.90. The molecule has 0 bridgehead atoms. The fraction of sp³-hybridized carbons (Fsp3) is 0.538. The summed E-state index contributed by atoms with van der Waals surface area (Å²) in [5.41, 5.74) is 3.14. The SMILES string of the molecule is CCc1nc(C(NC2CC2)c2cncs2)sc1C. The van der Waals surface area contributed by atoms with Crippen LogP contribution in [0, 0.1) is 6.92 Å². The van der Waals surface area contributed by atoms with Crippen molar-refractivity contribution in [1.29, 1.82) is 0 Å². The largest absolute Gasteiger partial charge is 0.301 e. The molecule has 0 radical (unpaired) electrons. The van der Waals surface area contributed by atoms with Crippen molar-refractivity contribution in [2.24, 2.45) is 0 Å². The second kappa shape index (κ2) is 5.07. The predicted molar refractivity (Wildman–Crippen MR) is 76.3 cm³/mol. The van der Waals surface area contributed by atoms with E-state index in [1.807, 2.05) is 23.0 Å². The molecule has 0 spiro atoms. The molecule has 96 valence electrons. The van der Waals surface area contributed by atoms with Crippen molar-refractivity contribution in [3.05, 3.63) is 32.2 Å². The molecule has 0 amide bonds. The van der Waals surface area contributed by atoms with E-state index in [1.54, 1.807) is 11.3 Å². The molecule has 2 aromatic heterocycles. The van der Waals surface area contributed by atoms with Crippen molar-refractivity contribution >= 4 is 22.7 Å². The summed E-state index contributed by atoms with van der Waals surface area (Å²) >= 11 is 3.53. The molecule has 1 unspecified atom stereocenters. The van der Waals surface area contributed by atoms with Gasteiger partial charge in [0.25, 0.3) is 0 Å². The lowest BCUT2D eigenvalue weighted by Gasteiger charge is -2.13. The van der Waals surface area contributed by atoms with Crippen molar-refractivity contribution in [2.45, 2.75) is 45.2 Å². The van der Waals surface area contributed by atoms with E-state index in [2.05, 4.69) is 24.1 Å². The number of hydrogen-bond acceptors (Lipinski definition) is 5. The van der Waals surface area contributed by atoms with Gasteiger partial charge in [-0.05, 0) is 26.2 Å². The van der Waals surface area contributed by atoms with Crippen LogP contribution in [0.4, 0.5) is 0 Å². The van der Waals surface area contributed by atoms with E-state index in [-0.39, 0.29) is 6.04 Å². The molecule has 3 rings (SSSR count). The van der Waals surface area contributed by atoms with Gasteiger partial charge in [-0.2, -0.15) is 0 Å². The number of aromatic nitrogens is 2. The van der Waals surface area contributed by atoms with E-state index in [1.165, 1.54) is 33.3 Å². The summed E-state index contributed by atoms with van der Waals surface area (Å²) < 4.78 is 0. The first-order valence-electron chi connectivity index (χ1n) is 6.38. The number of rotatable bonds is 5. The van der Waals surface area contributed by atoms with Gasteiger partial charge in [-0.1, -0.05) is 6.92 Å². The second-order valence-corrected chi connectivity index (χ2v) is 6.84. The summed E-state index contributed by atoms with van der Waals surface area (Å²) in [7, 11) is 0. The Morgan fingerprint density at radius 2 is 2.33 bits per heavy atom. The van der Waals surface area contributed by atoms with Gasteiger partial charge in [-0.15, -0.1) is 22.7 Å². The Hall–Kier alpha value is -0.780. The molecule has 5 heteroatoms. The van der Waals surface area contributed by atoms with Gasteiger partial charge >= 0.3 is 0 Å². The average molecular weight is 279 g/mol. The minimum Gasteiger partial charge on any atom is -0.301 e. The molecule has 1 fully saturated rings. The molecular weight excluding hydrogens is 262 g/mol. The van der Waals surface area contributed by atoms with Crippen LogP contribution in [-0.4, -0.2) is 16.0 Å². The van der Waals surface area contributed by atoms with Crippen LogP contribution in [0.15, 0.2) is 11.7 Å². The third-order valence-corrected chi connectivity index (χ3v) is 5.13. The molecule has 1 aliphatic rings. The Bertz CT molecular complexity index is 514. The molecular formula is C13H17N3S2. The molecule has 1 aliphatic carbocycles. The van der Waals surface area contributed by atoms with E-state index in [9.17, 15) is 0 Å². The molecule has 0 saturated heterocycles. The number of aryl methyl sites for hydroxylation is 2. The number of nitrogens with one attached hydrogen (secondary N) is 1. The summed E-state index contributed by atoms with van der Waals surface area (Å²) in [6.07, 6.45) is 5.56. The van der Waals surface area contributed by atoms with Crippen LogP contribution in [0.3, 0.4) is 0 Å². The summed E-state index contributed by atoms with van der Waals surface area (Å²) in [4.78, 5) is 11.6. The normalized spacial score (nSPS) is 17.0. The van der Waals surface area contributed by atoms with Crippen molar-refractivity contribution in [1.82, 2.24) is 15.3 Å². The first-order valence-corrected chi connectivity index (χ1v) is 8.08. The smallest absolute Gasteiger partial charge is 0.116 e. The zero-order valence-electron chi connectivity index (χ0n) is 10.6. The van der Waals surface area contributed by atoms with Crippen LogP contribution in [0.25, 0.3) is 0 Å². The van der Waals surface area contributed by atoms with E-state index in [0.29, 0.717) is 6.04 Å². The van der Waals surface area contributed by atoms with Crippen molar-refractivity contribution < 1.29 is 0 Å². The molecule has 1 N–H and O–H groups in total. The summed E-state index contributed by atoms with van der Waals surface area (Å²) in [6, 6.07) is 0.917. The van der Waals surface area contributed by atoms with Crippen LogP contribution in [0.5, 0.6) is 0 Å². The lowest BCUT2D eigenvalue weighted by atomic mass is 10.2. The summed E-state index contributed by atoms with van der Waals surface area (Å²) in [6.45, 7) is 4.34. The van der Waals surface area contributed by atoms with E-state index >= 15 is 0 Å². The Balaban J connectivity index is 1.91. The van der Waals surface area contributed by atoms with Crippen LogP contribution in [-0.2, 0) is 6.42 Å². The number of hydrogen-bond donors (Lipinski definition) is 1. The molecule has 18 heavy (non-hydrogen) atoms. The minimum atomic E-state index is 0.244. The fourth-order valence-electron chi connectivity index (χ4n) is 2.03. The Labute approximate surface area is 115 Å². The third kappa shape index (κ3) is 2.48. The van der Waals surface area contributed by atoms with Gasteiger partial charge in [-0.3, -0.25) is 4.98 Å². The Morgan fingerprint density at radius 3 is 2.89 bits per heavy atom. The highest BCUT2D eigenvalue weighted by Gasteiger charge is 2.29. The Morgan fingerprint density at radius 1 is 1.50 bits per heavy atom. The van der Waals surface area contributed by atoms with E-state index in [4.69, 9.17) is 4.98 Å². The number of thiazole rings is 2. The molecule has 1 saturated carbocycles. The molecule has 2 aromatic rings. The van der Waals surface area contributed by atoms with Crippen molar-refractivity contribution in [3.8, 4) is 0 Å². The van der Waals surface area contributed by atoms with E-state index in [0.717, 1.165) is 6.42 Å². The van der Waals surface area contributed by atoms with Gasteiger partial charge < -0.3 is 5.32 Å². The van der Waals surface area contributed by atoms with Gasteiger partial charge in [0.15, 0.2) is 0 Å². The van der Waals surface area contributed by atoms with E-state index < -0.39 is 0 Å². The zero-order chi connectivity index (χ0) is 12.5. The first kappa shape index (κ1) is 12.3. The zero-order valence-corrected chi connectivity index (χ0v) is 12.3. The lowest BCUT2D eigenvalue weighted by Crippen LogP contribution is -2.23. The molecule has 3 nitrogen and oxygen atoms in total. The maximum atomic E-state index is 4.80. The third-order valence-electron chi connectivity index (χ3n) is 3.21. The molecule has 2 heterocycles. The highest BCUT2D eigenvalue weighted by molar-refractivity contribution is 7.12. The molecule has 0 aromatic carbocycles. The fourth-order valence-corrected chi connectivity index (χ4v) is 3.88. The molecule has 0 aliphatic heterocycles. The van der Waals surface area contributed by atoms with Crippen LogP contribution in [0.2, 0.25) is 0 Å². The highest BCUT2D eigenvalue weighted by Crippen LogP contribution is 2.33. The van der Waals surface area contributed by atoms with Crippen LogP contribution >= 0.6 is 22.7 Å². The second-order valence-electron chi connectivity index (χ2n) is 4.69. The Kier molecular flexibility index (Phi) is 3.46. The standard InChI is InChI=1S/C13H17N3S2/c1-3-10-8(2)18-13(16-10)12(15-9-4-5-9)11-6-14-7-17-11/h6-7,9,12,15H,3-5H2,1-2H3.